The van der Waals surface area contributed by atoms with Crippen molar-refractivity contribution in [3.63, 3.8) is 0 Å². The monoisotopic (exact) mass is 470 g/mol. The molecular formula is C21H18N4O5S2. The van der Waals surface area contributed by atoms with Crippen LogP contribution in [-0.2, 0) is 21.2 Å². The lowest BCUT2D eigenvalue weighted by Crippen LogP contribution is -2.45. The topological polar surface area (TPSA) is 121 Å². The van der Waals surface area contributed by atoms with Gasteiger partial charge in [0.2, 0.25) is 20.2 Å². The first-order valence-electron chi connectivity index (χ1n) is 9.31. The zero-order chi connectivity index (χ0) is 22.9. The van der Waals surface area contributed by atoms with Crippen LogP contribution in [0.1, 0.15) is 11.1 Å². The number of nitrogens with zero attached hydrogens (tertiary/aromatic N) is 3. The molecule has 0 radical (unpaired) electrons. The maximum absolute atomic E-state index is 12.5. The molecule has 1 N–H and O–H groups in total. The standard InChI is InChI=1S/C21H18N4O5S2/c1-29-17-11-14(8-9-16(17)30-12-13-6-4-3-5-7-13)10-15-18(22)25-20(23-19(15)26)31-24-21(25)32(2,27)28/h3-11,22H,12H2,1-2H3. The quantitative estimate of drug-likeness (QED) is 0.527. The smallest absolute Gasteiger partial charge is 0.283 e. The number of nitrogens with one attached hydrogen (secondary N) is 1. The Balaban J connectivity index is 1.61. The number of rotatable bonds is 5. The molecule has 2 aromatic carbocycles. The molecule has 4 rings (SSSR count). The first-order valence-corrected chi connectivity index (χ1v) is 12.0. The molecule has 164 valence electrons. The van der Waals surface area contributed by atoms with Crippen molar-refractivity contribution in [3.05, 3.63) is 65.2 Å². The summed E-state index contributed by atoms with van der Waals surface area (Å²) < 4.78 is 39.1. The number of sulfone groups is 1. The molecule has 0 unspecified atom stereocenters. The minimum absolute atomic E-state index is 0.0415. The van der Waals surface area contributed by atoms with Crippen LogP contribution in [0.2, 0.25) is 0 Å². The molecule has 9 nitrogen and oxygen atoms in total. The number of aliphatic imine (C=N–C) groups is 1. The van der Waals surface area contributed by atoms with Crippen LogP contribution in [-0.4, -0.2) is 48.8 Å². The van der Waals surface area contributed by atoms with Crippen LogP contribution in [0.15, 0.2) is 63.5 Å². The third-order valence-electron chi connectivity index (χ3n) is 4.56. The van der Waals surface area contributed by atoms with Crippen molar-refractivity contribution in [2.24, 2.45) is 9.39 Å². The van der Waals surface area contributed by atoms with Gasteiger partial charge < -0.3 is 9.47 Å². The predicted octanol–water partition coefficient (Wildman–Crippen LogP) is 2.90. The van der Waals surface area contributed by atoms with Gasteiger partial charge in [0, 0.05) is 6.26 Å². The lowest BCUT2D eigenvalue weighted by atomic mass is 10.1. The Morgan fingerprint density at radius 2 is 1.91 bits per heavy atom. The molecule has 0 saturated carbocycles. The van der Waals surface area contributed by atoms with Gasteiger partial charge in [-0.05, 0) is 29.3 Å². The van der Waals surface area contributed by atoms with Crippen molar-refractivity contribution in [2.45, 2.75) is 6.61 Å². The molecule has 0 atom stereocenters. The maximum atomic E-state index is 12.5. The summed E-state index contributed by atoms with van der Waals surface area (Å²) in [7, 11) is -2.20. The van der Waals surface area contributed by atoms with Crippen molar-refractivity contribution in [1.29, 1.82) is 5.41 Å². The van der Waals surface area contributed by atoms with Gasteiger partial charge in [-0.1, -0.05) is 36.4 Å². The number of carbonyl (C=O) groups is 1. The van der Waals surface area contributed by atoms with Crippen LogP contribution in [0.5, 0.6) is 11.5 Å². The summed E-state index contributed by atoms with van der Waals surface area (Å²) in [6, 6.07) is 14.7. The molecule has 32 heavy (non-hydrogen) atoms. The van der Waals surface area contributed by atoms with Gasteiger partial charge in [-0.25, -0.2) is 13.3 Å². The second-order valence-corrected chi connectivity index (χ2v) is 9.50. The van der Waals surface area contributed by atoms with Gasteiger partial charge in [0.1, 0.15) is 12.4 Å². The van der Waals surface area contributed by atoms with Gasteiger partial charge in [-0.15, -0.1) is 0 Å². The minimum atomic E-state index is -3.71. The lowest BCUT2D eigenvalue weighted by molar-refractivity contribution is -0.114. The van der Waals surface area contributed by atoms with Crippen LogP contribution in [0, 0.1) is 5.41 Å². The number of amides is 1. The van der Waals surface area contributed by atoms with Gasteiger partial charge in [-0.3, -0.25) is 10.2 Å². The van der Waals surface area contributed by atoms with E-state index in [-0.39, 0.29) is 21.7 Å². The number of amidine groups is 3. The number of ether oxygens (including phenoxy) is 2. The molecule has 0 fully saturated rings. The molecule has 0 aliphatic carbocycles. The second kappa shape index (κ2) is 8.60. The largest absolute Gasteiger partial charge is 0.493 e. The van der Waals surface area contributed by atoms with E-state index in [2.05, 4.69) is 9.39 Å². The Morgan fingerprint density at radius 3 is 2.59 bits per heavy atom. The molecule has 2 aliphatic heterocycles. The third kappa shape index (κ3) is 4.30. The lowest BCUT2D eigenvalue weighted by Gasteiger charge is -2.23. The van der Waals surface area contributed by atoms with E-state index in [9.17, 15) is 13.2 Å². The summed E-state index contributed by atoms with van der Waals surface area (Å²) in [6.07, 6.45) is 2.44. The van der Waals surface area contributed by atoms with Crippen LogP contribution in [0.25, 0.3) is 6.08 Å². The molecule has 0 spiro atoms. The predicted molar refractivity (Wildman–Crippen MR) is 124 cm³/mol. The molecule has 1 amide bonds. The second-order valence-electron chi connectivity index (χ2n) is 6.86. The first kappa shape index (κ1) is 21.8. The summed E-state index contributed by atoms with van der Waals surface area (Å²) in [6.45, 7) is 0.360. The van der Waals surface area contributed by atoms with E-state index in [0.29, 0.717) is 23.7 Å². The van der Waals surface area contributed by atoms with Crippen LogP contribution in [0.4, 0.5) is 0 Å². The van der Waals surface area contributed by atoms with Gasteiger partial charge in [0.05, 0.1) is 24.6 Å². The average molecular weight is 471 g/mol. The van der Waals surface area contributed by atoms with Gasteiger partial charge in [0.25, 0.3) is 5.91 Å². The highest BCUT2D eigenvalue weighted by Crippen LogP contribution is 2.32. The van der Waals surface area contributed by atoms with Gasteiger partial charge in [0.15, 0.2) is 11.5 Å². The van der Waals surface area contributed by atoms with Crippen molar-refractivity contribution in [2.75, 3.05) is 13.4 Å². The fraction of sp³-hybridized carbons (Fsp3) is 0.143. The van der Waals surface area contributed by atoms with Crippen LogP contribution >= 0.6 is 11.9 Å². The van der Waals surface area contributed by atoms with E-state index in [1.165, 1.54) is 13.2 Å². The minimum Gasteiger partial charge on any atom is -0.493 e. The van der Waals surface area contributed by atoms with E-state index in [4.69, 9.17) is 14.9 Å². The molecule has 2 aliphatic rings. The third-order valence-corrected chi connectivity index (χ3v) is 6.32. The number of benzene rings is 2. The zero-order valence-electron chi connectivity index (χ0n) is 17.1. The Hall–Kier alpha value is -3.44. The number of hydrogen-bond acceptors (Lipinski definition) is 8. The Kier molecular flexibility index (Phi) is 5.85. The first-order chi connectivity index (χ1) is 15.3. The van der Waals surface area contributed by atoms with Crippen molar-refractivity contribution < 1.29 is 22.7 Å². The number of methoxy groups -OCH3 is 1. The van der Waals surface area contributed by atoms with E-state index in [1.807, 2.05) is 30.3 Å². The summed E-state index contributed by atoms with van der Waals surface area (Å²) in [4.78, 5) is 17.4. The number of hydrogen-bond donors (Lipinski definition) is 1. The Bertz CT molecular complexity index is 1300. The highest BCUT2D eigenvalue weighted by Gasteiger charge is 2.41. The fourth-order valence-electron chi connectivity index (χ4n) is 3.03. The fourth-order valence-corrected chi connectivity index (χ4v) is 4.88. The molecular weight excluding hydrogens is 452 g/mol. The van der Waals surface area contributed by atoms with Crippen LogP contribution < -0.4 is 9.47 Å². The highest BCUT2D eigenvalue weighted by molar-refractivity contribution is 8.16. The van der Waals surface area contributed by atoms with E-state index in [0.717, 1.165) is 28.7 Å². The molecule has 0 aromatic heterocycles. The summed E-state index contributed by atoms with van der Waals surface area (Å²) in [5.41, 5.74) is 1.50. The molecule has 2 heterocycles. The van der Waals surface area contributed by atoms with E-state index < -0.39 is 15.7 Å². The molecule has 2 aromatic rings. The molecule has 0 bridgehead atoms. The maximum Gasteiger partial charge on any atom is 0.283 e. The highest BCUT2D eigenvalue weighted by atomic mass is 32.2. The normalized spacial score (nSPS) is 17.2. The average Bonchev–Trinajstić information content (AvgIpc) is 3.20. The van der Waals surface area contributed by atoms with Crippen molar-refractivity contribution in [3.8, 4) is 11.5 Å². The molecule has 11 heteroatoms. The SMILES string of the molecule is COc1cc(C=C2C(=N)N3C(=NC2=O)SN=C3S(C)(=O)=O)ccc1OCc1ccccc1. The Labute approximate surface area is 189 Å². The summed E-state index contributed by atoms with van der Waals surface area (Å²) in [5.74, 6) is 0.00953. The van der Waals surface area contributed by atoms with Crippen molar-refractivity contribution >= 4 is 49.9 Å². The van der Waals surface area contributed by atoms with Gasteiger partial charge in [-0.2, -0.15) is 9.39 Å². The van der Waals surface area contributed by atoms with Gasteiger partial charge >= 0.3 is 0 Å². The Morgan fingerprint density at radius 1 is 1.16 bits per heavy atom. The summed E-state index contributed by atoms with van der Waals surface area (Å²) in [5, 5.41) is 8.12. The number of fused-ring (bicyclic) bond motifs is 1. The van der Waals surface area contributed by atoms with Crippen LogP contribution in [0.3, 0.4) is 0 Å². The number of carbonyl (C=O) groups excluding carboxylic acids is 1. The molecule has 0 saturated heterocycles. The summed E-state index contributed by atoms with van der Waals surface area (Å²) >= 11 is 0.748. The van der Waals surface area contributed by atoms with E-state index >= 15 is 0 Å². The zero-order valence-corrected chi connectivity index (χ0v) is 18.7. The van der Waals surface area contributed by atoms with E-state index in [1.54, 1.807) is 18.2 Å². The van der Waals surface area contributed by atoms with Crippen molar-refractivity contribution in [1.82, 2.24) is 4.90 Å².